The number of rotatable bonds is 8. The van der Waals surface area contributed by atoms with Gasteiger partial charge in [0.2, 0.25) is 5.12 Å². The lowest BCUT2D eigenvalue weighted by Crippen LogP contribution is -2.18. The molecule has 5 heteroatoms. The van der Waals surface area contributed by atoms with Gasteiger partial charge in [-0.1, -0.05) is 42.1 Å². The van der Waals surface area contributed by atoms with Crippen LogP contribution in [0.2, 0.25) is 0 Å². The smallest absolute Gasteiger partial charge is 0.219 e. The van der Waals surface area contributed by atoms with Crippen molar-refractivity contribution in [2.75, 3.05) is 12.4 Å². The predicted molar refractivity (Wildman–Crippen MR) is 72.8 cm³/mol. The molecule has 0 aliphatic rings. The van der Waals surface area contributed by atoms with Crippen molar-refractivity contribution >= 4 is 16.9 Å². The molecule has 0 bridgehead atoms. The zero-order chi connectivity index (χ0) is 14.1. The highest BCUT2D eigenvalue weighted by Crippen LogP contribution is 2.19. The minimum Gasteiger partial charge on any atom is -0.282 e. The van der Waals surface area contributed by atoms with E-state index in [-0.39, 0.29) is 30.1 Å². The maximum Gasteiger partial charge on any atom is 0.219 e. The van der Waals surface area contributed by atoms with E-state index >= 15 is 0 Å². The van der Waals surface area contributed by atoms with Crippen LogP contribution in [0.25, 0.3) is 0 Å². The van der Waals surface area contributed by atoms with Crippen LogP contribution < -0.4 is 0 Å². The number of carbonyl (C=O) groups is 1. The quantitative estimate of drug-likeness (QED) is 0.707. The molecular weight excluding hydrogens is 273 g/mol. The zero-order valence-corrected chi connectivity index (χ0v) is 11.3. The van der Waals surface area contributed by atoms with Crippen molar-refractivity contribution in [1.82, 2.24) is 0 Å². The van der Waals surface area contributed by atoms with Crippen molar-refractivity contribution in [2.45, 2.75) is 31.6 Å². The molecule has 0 saturated carbocycles. The van der Waals surface area contributed by atoms with E-state index in [1.165, 1.54) is 0 Å². The second-order valence-corrected chi connectivity index (χ2v) is 5.22. The van der Waals surface area contributed by atoms with Gasteiger partial charge in [-0.3, -0.25) is 9.18 Å². The van der Waals surface area contributed by atoms with Gasteiger partial charge < -0.3 is 0 Å². The fourth-order valence-electron chi connectivity index (χ4n) is 1.56. The van der Waals surface area contributed by atoms with Crippen molar-refractivity contribution in [3.05, 3.63) is 35.9 Å². The lowest BCUT2D eigenvalue weighted by Gasteiger charge is -2.12. The molecule has 0 aliphatic carbocycles. The number of alkyl halides is 3. The third kappa shape index (κ3) is 6.14. The van der Waals surface area contributed by atoms with E-state index in [1.54, 1.807) is 30.3 Å². The molecule has 0 aromatic heterocycles. The molecule has 19 heavy (non-hydrogen) atoms. The number of hydrogen-bond acceptors (Lipinski definition) is 2. The molecule has 0 heterocycles. The number of thioether (sulfide) groups is 1. The van der Waals surface area contributed by atoms with E-state index in [2.05, 4.69) is 0 Å². The Hall–Kier alpha value is -0.970. The Labute approximate surface area is 115 Å². The van der Waals surface area contributed by atoms with Gasteiger partial charge in [-0.25, -0.2) is 8.78 Å². The summed E-state index contributed by atoms with van der Waals surface area (Å²) in [6, 6.07) is 8.67. The van der Waals surface area contributed by atoms with E-state index in [1.807, 2.05) is 0 Å². The van der Waals surface area contributed by atoms with Crippen LogP contribution in [0.3, 0.4) is 0 Å². The van der Waals surface area contributed by atoms with Crippen molar-refractivity contribution in [3.8, 4) is 0 Å². The summed E-state index contributed by atoms with van der Waals surface area (Å²) >= 11 is 0.979. The van der Waals surface area contributed by atoms with Gasteiger partial charge in [0, 0.05) is 11.3 Å². The highest BCUT2D eigenvalue weighted by molar-refractivity contribution is 8.14. The third-order valence-corrected chi connectivity index (χ3v) is 3.58. The summed E-state index contributed by atoms with van der Waals surface area (Å²) in [6.07, 6.45) is -3.35. The SMILES string of the molecule is O=C(SCCC(F)C(F)CCCF)c1ccccc1. The molecule has 1 nitrogen and oxygen atoms in total. The van der Waals surface area contributed by atoms with Gasteiger partial charge in [0.05, 0.1) is 6.67 Å². The maximum atomic E-state index is 13.4. The highest BCUT2D eigenvalue weighted by atomic mass is 32.2. The molecule has 0 N–H and O–H groups in total. The summed E-state index contributed by atoms with van der Waals surface area (Å²) in [4.78, 5) is 11.7. The van der Waals surface area contributed by atoms with Crippen molar-refractivity contribution in [1.29, 1.82) is 0 Å². The fourth-order valence-corrected chi connectivity index (χ4v) is 2.39. The van der Waals surface area contributed by atoms with Crippen LogP contribution in [0, 0.1) is 0 Å². The summed E-state index contributed by atoms with van der Waals surface area (Å²) in [5.74, 6) is 0.227. The van der Waals surface area contributed by atoms with Crippen LogP contribution in [-0.4, -0.2) is 29.9 Å². The topological polar surface area (TPSA) is 17.1 Å². The summed E-state index contributed by atoms with van der Waals surface area (Å²) in [5, 5.41) is -0.146. The van der Waals surface area contributed by atoms with E-state index in [0.717, 1.165) is 11.8 Å². The second-order valence-electron chi connectivity index (χ2n) is 4.15. The van der Waals surface area contributed by atoms with Gasteiger partial charge in [-0.15, -0.1) is 0 Å². The molecule has 106 valence electrons. The Morgan fingerprint density at radius 1 is 1.11 bits per heavy atom. The summed E-state index contributed by atoms with van der Waals surface area (Å²) in [7, 11) is 0. The molecule has 0 spiro atoms. The van der Waals surface area contributed by atoms with E-state index in [9.17, 15) is 18.0 Å². The molecular formula is C14H17F3OS. The maximum absolute atomic E-state index is 13.4. The van der Waals surface area contributed by atoms with Crippen LogP contribution in [0.4, 0.5) is 13.2 Å². The molecule has 1 rings (SSSR count). The molecule has 0 fully saturated rings. The number of benzene rings is 1. The first-order valence-corrected chi connectivity index (χ1v) is 7.20. The number of hydrogen-bond donors (Lipinski definition) is 0. The fraction of sp³-hybridized carbons (Fsp3) is 0.500. The van der Waals surface area contributed by atoms with Crippen LogP contribution in [-0.2, 0) is 0 Å². The zero-order valence-electron chi connectivity index (χ0n) is 10.5. The standard InChI is InChI=1S/C14H17F3OS/c15-9-4-7-12(16)13(17)8-10-19-14(18)11-5-2-1-3-6-11/h1-3,5-6,12-13H,4,7-10H2. The summed E-state index contributed by atoms with van der Waals surface area (Å²) in [5.41, 5.74) is 0.553. The van der Waals surface area contributed by atoms with Gasteiger partial charge in [0.1, 0.15) is 12.3 Å². The Kier molecular flexibility index (Phi) is 7.63. The minimum absolute atomic E-state index is 0.0311. The molecule has 2 atom stereocenters. The van der Waals surface area contributed by atoms with Crippen LogP contribution in [0.5, 0.6) is 0 Å². The average molecular weight is 290 g/mol. The first-order valence-electron chi connectivity index (χ1n) is 6.21. The third-order valence-electron chi connectivity index (χ3n) is 2.64. The summed E-state index contributed by atoms with van der Waals surface area (Å²) in [6.45, 7) is -0.631. The molecule has 0 radical (unpaired) electrons. The van der Waals surface area contributed by atoms with Crippen molar-refractivity contribution < 1.29 is 18.0 Å². The predicted octanol–water partition coefficient (Wildman–Crippen LogP) is 4.38. The Bertz CT molecular complexity index is 372. The summed E-state index contributed by atoms with van der Waals surface area (Å²) < 4.78 is 38.4. The molecule has 1 aromatic carbocycles. The van der Waals surface area contributed by atoms with E-state index < -0.39 is 19.0 Å². The minimum atomic E-state index is -1.64. The monoisotopic (exact) mass is 290 g/mol. The Morgan fingerprint density at radius 3 is 2.37 bits per heavy atom. The first kappa shape index (κ1) is 16.1. The second kappa shape index (κ2) is 9.02. The first-order chi connectivity index (χ1) is 9.15. The molecule has 0 amide bonds. The van der Waals surface area contributed by atoms with Crippen LogP contribution >= 0.6 is 11.8 Å². The molecule has 1 aromatic rings. The van der Waals surface area contributed by atoms with Gasteiger partial charge >= 0.3 is 0 Å². The highest BCUT2D eigenvalue weighted by Gasteiger charge is 2.20. The van der Waals surface area contributed by atoms with E-state index in [4.69, 9.17) is 0 Å². The Morgan fingerprint density at radius 2 is 1.74 bits per heavy atom. The van der Waals surface area contributed by atoms with Crippen molar-refractivity contribution in [2.24, 2.45) is 0 Å². The molecule has 2 unspecified atom stereocenters. The number of halogens is 3. The van der Waals surface area contributed by atoms with Crippen molar-refractivity contribution in [3.63, 3.8) is 0 Å². The van der Waals surface area contributed by atoms with Crippen LogP contribution in [0.1, 0.15) is 29.6 Å². The van der Waals surface area contributed by atoms with Gasteiger partial charge in [-0.2, -0.15) is 0 Å². The average Bonchev–Trinajstić information content (AvgIpc) is 2.45. The van der Waals surface area contributed by atoms with E-state index in [0.29, 0.717) is 5.56 Å². The largest absolute Gasteiger partial charge is 0.282 e. The molecule has 0 saturated heterocycles. The normalized spacial score (nSPS) is 14.1. The van der Waals surface area contributed by atoms with Gasteiger partial charge in [-0.05, 0) is 19.3 Å². The Balaban J connectivity index is 2.24. The lowest BCUT2D eigenvalue weighted by molar-refractivity contribution is 0.108. The molecule has 0 aliphatic heterocycles. The van der Waals surface area contributed by atoms with Gasteiger partial charge in [0.25, 0.3) is 0 Å². The lowest BCUT2D eigenvalue weighted by atomic mass is 10.1. The van der Waals surface area contributed by atoms with Crippen LogP contribution in [0.15, 0.2) is 30.3 Å². The number of carbonyl (C=O) groups excluding carboxylic acids is 1. The van der Waals surface area contributed by atoms with Gasteiger partial charge in [0.15, 0.2) is 0 Å².